The number of carbonyl (C=O) groups is 1. The van der Waals surface area contributed by atoms with Gasteiger partial charge in [-0.25, -0.2) is 17.9 Å². The molecule has 0 spiro atoms. The smallest absolute Gasteiger partial charge is 0.272 e. The zero-order chi connectivity index (χ0) is 29.9. The van der Waals surface area contributed by atoms with Crippen molar-refractivity contribution in [1.82, 2.24) is 14.8 Å². The van der Waals surface area contributed by atoms with E-state index in [1.54, 1.807) is 49.2 Å². The van der Waals surface area contributed by atoms with E-state index < -0.39 is 18.9 Å². The summed E-state index contributed by atoms with van der Waals surface area (Å²) in [6.45, 7) is 6.65. The van der Waals surface area contributed by atoms with E-state index in [4.69, 9.17) is 9.47 Å². The number of alkyl halides is 2. The van der Waals surface area contributed by atoms with Crippen LogP contribution in [0.5, 0.6) is 5.75 Å². The Morgan fingerprint density at radius 3 is 2.76 bits per heavy atom. The first kappa shape index (κ1) is 31.2. The molecule has 0 atom stereocenters. The molecule has 2 aromatic heterocycles. The van der Waals surface area contributed by atoms with E-state index in [0.717, 1.165) is 11.8 Å². The normalized spacial score (nSPS) is 12.8. The minimum Gasteiger partial charge on any atom is -0.485 e. The Kier molecular flexibility index (Phi) is 11.3. The average molecular weight is 588 g/mol. The SMILES string of the molecule is C=C/C=C\C(F)=C\OC(=C/C)/C(C)=C\Cn1ncc(C(=O)c2cc3cc(OCC(F)F)c(NSC)cc3[nH]2)c1NC. The van der Waals surface area contributed by atoms with Gasteiger partial charge in [-0.15, -0.1) is 0 Å². The number of aromatic amines is 1. The van der Waals surface area contributed by atoms with Gasteiger partial charge < -0.3 is 24.5 Å². The van der Waals surface area contributed by atoms with Gasteiger partial charge in [-0.1, -0.05) is 36.8 Å². The molecule has 0 radical (unpaired) electrons. The number of aromatic nitrogens is 3. The third-order valence-corrected chi connectivity index (χ3v) is 6.20. The summed E-state index contributed by atoms with van der Waals surface area (Å²) in [5, 5.41) is 8.03. The Bertz CT molecular complexity index is 1500. The summed E-state index contributed by atoms with van der Waals surface area (Å²) >= 11 is 1.29. The lowest BCUT2D eigenvalue weighted by Gasteiger charge is -2.11. The van der Waals surface area contributed by atoms with E-state index in [1.807, 2.05) is 13.0 Å². The topological polar surface area (TPSA) is 93.2 Å². The predicted octanol–water partition coefficient (Wildman–Crippen LogP) is 7.39. The predicted molar refractivity (Wildman–Crippen MR) is 159 cm³/mol. The fraction of sp³-hybridized carbons (Fsp3) is 0.241. The molecule has 3 aromatic rings. The number of hydrogen-bond donors (Lipinski definition) is 3. The highest BCUT2D eigenvalue weighted by atomic mass is 32.2. The molecule has 0 saturated heterocycles. The maximum absolute atomic E-state index is 13.8. The van der Waals surface area contributed by atoms with Crippen LogP contribution in [0.15, 0.2) is 84.8 Å². The number of fused-ring (bicyclic) bond motifs is 1. The van der Waals surface area contributed by atoms with Gasteiger partial charge in [-0.3, -0.25) is 4.79 Å². The van der Waals surface area contributed by atoms with Gasteiger partial charge in [0.05, 0.1) is 29.7 Å². The number of allylic oxidation sites excluding steroid dienone is 7. The van der Waals surface area contributed by atoms with Crippen LogP contribution in [-0.4, -0.2) is 46.9 Å². The average Bonchev–Trinajstić information content (AvgIpc) is 3.57. The molecule has 0 saturated carbocycles. The van der Waals surface area contributed by atoms with Crippen molar-refractivity contribution in [2.45, 2.75) is 26.8 Å². The van der Waals surface area contributed by atoms with Gasteiger partial charge in [0.15, 0.2) is 5.83 Å². The van der Waals surface area contributed by atoms with Crippen LogP contribution >= 0.6 is 11.9 Å². The molecule has 3 rings (SSSR count). The molecule has 0 aliphatic rings. The van der Waals surface area contributed by atoms with Gasteiger partial charge in [0.25, 0.3) is 6.43 Å². The van der Waals surface area contributed by atoms with E-state index in [-0.39, 0.29) is 11.5 Å². The molecule has 0 aliphatic heterocycles. The molecule has 2 heterocycles. The van der Waals surface area contributed by atoms with Crippen LogP contribution in [0, 0.1) is 0 Å². The van der Waals surface area contributed by atoms with Crippen LogP contribution in [0.25, 0.3) is 10.9 Å². The summed E-state index contributed by atoms with van der Waals surface area (Å²) in [5.41, 5.74) is 2.52. The molecule has 12 heteroatoms. The second kappa shape index (κ2) is 14.9. The van der Waals surface area contributed by atoms with Crippen molar-refractivity contribution in [1.29, 1.82) is 0 Å². The van der Waals surface area contributed by atoms with Crippen LogP contribution < -0.4 is 14.8 Å². The number of nitrogens with one attached hydrogen (secondary N) is 3. The van der Waals surface area contributed by atoms with Crippen LogP contribution in [0.1, 0.15) is 29.9 Å². The first-order valence-electron chi connectivity index (χ1n) is 12.5. The van der Waals surface area contributed by atoms with Gasteiger partial charge in [0.1, 0.15) is 30.2 Å². The van der Waals surface area contributed by atoms with Crippen LogP contribution in [0.4, 0.5) is 24.7 Å². The van der Waals surface area contributed by atoms with Crippen molar-refractivity contribution < 1.29 is 27.4 Å². The van der Waals surface area contributed by atoms with Crippen LogP contribution in [0.3, 0.4) is 0 Å². The summed E-state index contributed by atoms with van der Waals surface area (Å²) in [4.78, 5) is 16.6. The number of H-pyrrole nitrogens is 1. The fourth-order valence-electron chi connectivity index (χ4n) is 3.87. The number of rotatable bonds is 15. The lowest BCUT2D eigenvalue weighted by Crippen LogP contribution is -2.09. The minimum atomic E-state index is -2.62. The highest BCUT2D eigenvalue weighted by molar-refractivity contribution is 7.99. The van der Waals surface area contributed by atoms with Crippen molar-refractivity contribution in [3.05, 3.63) is 96.0 Å². The zero-order valence-electron chi connectivity index (χ0n) is 23.1. The largest absolute Gasteiger partial charge is 0.485 e. The summed E-state index contributed by atoms with van der Waals surface area (Å²) in [6, 6.07) is 4.96. The first-order valence-corrected chi connectivity index (χ1v) is 13.7. The van der Waals surface area contributed by atoms with Crippen molar-refractivity contribution >= 4 is 40.1 Å². The molecule has 8 nitrogen and oxygen atoms in total. The maximum atomic E-state index is 13.8. The number of ketones is 1. The molecule has 1 aromatic carbocycles. The van der Waals surface area contributed by atoms with Crippen molar-refractivity contribution in [3.8, 4) is 5.75 Å². The highest BCUT2D eigenvalue weighted by Crippen LogP contribution is 2.33. The van der Waals surface area contributed by atoms with E-state index in [1.165, 1.54) is 36.4 Å². The van der Waals surface area contributed by atoms with Gasteiger partial charge in [-0.2, -0.15) is 5.10 Å². The van der Waals surface area contributed by atoms with E-state index >= 15 is 0 Å². The van der Waals surface area contributed by atoms with Crippen LogP contribution in [0.2, 0.25) is 0 Å². The minimum absolute atomic E-state index is 0.256. The fourth-order valence-corrected chi connectivity index (χ4v) is 4.25. The number of halogens is 3. The second-order valence-corrected chi connectivity index (χ2v) is 9.16. The molecule has 0 fully saturated rings. The number of hydrogen-bond acceptors (Lipinski definition) is 7. The Labute approximate surface area is 240 Å². The van der Waals surface area contributed by atoms with Crippen molar-refractivity contribution in [2.75, 3.05) is 29.9 Å². The molecule has 0 bridgehead atoms. The number of nitrogens with zero attached hydrogens (tertiary/aromatic N) is 2. The molecule has 0 unspecified atom stereocenters. The Balaban J connectivity index is 1.83. The van der Waals surface area contributed by atoms with Gasteiger partial charge in [0.2, 0.25) is 5.78 Å². The second-order valence-electron chi connectivity index (χ2n) is 8.55. The van der Waals surface area contributed by atoms with Gasteiger partial charge in [-0.05, 0) is 49.8 Å². The highest BCUT2D eigenvalue weighted by Gasteiger charge is 2.21. The van der Waals surface area contributed by atoms with E-state index in [0.29, 0.717) is 46.0 Å². The van der Waals surface area contributed by atoms with Crippen molar-refractivity contribution in [3.63, 3.8) is 0 Å². The summed E-state index contributed by atoms with van der Waals surface area (Å²) < 4.78 is 54.6. The first-order chi connectivity index (χ1) is 19.7. The standard InChI is InChI=1S/C29H32F3N5O3S/c1-6-8-9-20(30)16-39-25(7-2)18(3)10-11-37-29(33-4)21(15-34-37)28(38)24-12-19-13-26(40-17-27(31)32)23(36-41-5)14-22(19)35-24/h6-10,12-16,27,33,35-36H,1,11,17H2,2-5H3/b9-8-,18-10-,20-16-,25-7+. The number of benzene rings is 1. The zero-order valence-corrected chi connectivity index (χ0v) is 23.9. The quantitative estimate of drug-likeness (QED) is 0.0739. The summed E-state index contributed by atoms with van der Waals surface area (Å²) in [5.74, 6) is 0.346. The van der Waals surface area contributed by atoms with E-state index in [9.17, 15) is 18.0 Å². The number of anilines is 2. The third kappa shape index (κ3) is 8.10. The lowest BCUT2D eigenvalue weighted by atomic mass is 10.1. The number of ether oxygens (including phenoxy) is 2. The Hall–Kier alpha value is -4.32. The molecule has 41 heavy (non-hydrogen) atoms. The monoisotopic (exact) mass is 587 g/mol. The van der Waals surface area contributed by atoms with Gasteiger partial charge in [0, 0.05) is 24.2 Å². The number of carbonyl (C=O) groups excluding carboxylic acids is 1. The molecule has 0 amide bonds. The Morgan fingerprint density at radius 2 is 2.10 bits per heavy atom. The van der Waals surface area contributed by atoms with E-state index in [2.05, 4.69) is 26.7 Å². The molecule has 218 valence electrons. The lowest BCUT2D eigenvalue weighted by molar-refractivity contribution is 0.0823. The third-order valence-electron chi connectivity index (χ3n) is 5.77. The summed E-state index contributed by atoms with van der Waals surface area (Å²) in [7, 11) is 1.68. The van der Waals surface area contributed by atoms with Crippen molar-refractivity contribution in [2.24, 2.45) is 0 Å². The summed E-state index contributed by atoms with van der Waals surface area (Å²) in [6.07, 6.45) is 9.36. The van der Waals surface area contributed by atoms with Gasteiger partial charge >= 0.3 is 0 Å². The van der Waals surface area contributed by atoms with Crippen LogP contribution in [-0.2, 0) is 11.3 Å². The molecule has 3 N–H and O–H groups in total. The maximum Gasteiger partial charge on any atom is 0.272 e. The Morgan fingerprint density at radius 1 is 1.32 bits per heavy atom. The molecular weight excluding hydrogens is 555 g/mol. The molecular formula is C29H32F3N5O3S. The molecule has 0 aliphatic carbocycles.